The van der Waals surface area contributed by atoms with Gasteiger partial charge in [-0.2, -0.15) is 0 Å². The number of carbonyl (C=O) groups is 1. The van der Waals surface area contributed by atoms with Crippen molar-refractivity contribution >= 4 is 5.78 Å². The molecule has 0 saturated heterocycles. The van der Waals surface area contributed by atoms with Crippen LogP contribution in [0.1, 0.15) is 27.7 Å². The van der Waals surface area contributed by atoms with Gasteiger partial charge in [0.05, 0.1) is 0 Å². The van der Waals surface area contributed by atoms with Gasteiger partial charge in [-0.1, -0.05) is 30.9 Å². The van der Waals surface area contributed by atoms with Crippen molar-refractivity contribution in [1.29, 1.82) is 0 Å². The Morgan fingerprint density at radius 3 is 1.93 bits per heavy atom. The maximum absolute atomic E-state index is 11.3. The van der Waals surface area contributed by atoms with Crippen LogP contribution in [0.2, 0.25) is 0 Å². The van der Waals surface area contributed by atoms with E-state index in [2.05, 4.69) is 13.2 Å². The van der Waals surface area contributed by atoms with E-state index in [0.717, 1.165) is 16.7 Å². The molecule has 0 heterocycles. The number of Topliss-reactive ketones (excluding diaryl/α,β-unsaturated/α-hetero) is 1. The van der Waals surface area contributed by atoms with E-state index in [0.29, 0.717) is 5.57 Å². The minimum Gasteiger partial charge on any atom is -0.294 e. The van der Waals surface area contributed by atoms with Gasteiger partial charge in [-0.25, -0.2) is 0 Å². The predicted octanol–water partition coefficient (Wildman–Crippen LogP) is 3.60. The first-order valence-corrected chi connectivity index (χ1v) is 4.58. The SMILES string of the molecule is C=C/C(C)=C/C(C)=C(\C(=C)C)C(C)=O. The maximum Gasteiger partial charge on any atom is 0.160 e. The summed E-state index contributed by atoms with van der Waals surface area (Å²) in [6.07, 6.45) is 3.71. The minimum atomic E-state index is 0.0584. The van der Waals surface area contributed by atoms with Crippen molar-refractivity contribution in [3.8, 4) is 0 Å². The molecule has 0 unspecified atom stereocenters. The Hall–Kier alpha value is -1.37. The molecular formula is C13H18O. The fraction of sp³-hybridized carbons (Fsp3) is 0.308. The van der Waals surface area contributed by atoms with E-state index in [9.17, 15) is 4.79 Å². The van der Waals surface area contributed by atoms with E-state index < -0.39 is 0 Å². The Bertz CT molecular complexity index is 311. The molecule has 1 nitrogen and oxygen atoms in total. The van der Waals surface area contributed by atoms with Crippen molar-refractivity contribution < 1.29 is 4.79 Å². The van der Waals surface area contributed by atoms with Crippen LogP contribution in [-0.4, -0.2) is 5.78 Å². The monoisotopic (exact) mass is 190 g/mol. The highest BCUT2D eigenvalue weighted by molar-refractivity contribution is 5.98. The fourth-order valence-electron chi connectivity index (χ4n) is 1.39. The second-order valence-corrected chi connectivity index (χ2v) is 3.49. The van der Waals surface area contributed by atoms with Gasteiger partial charge in [0.2, 0.25) is 0 Å². The Balaban J connectivity index is 5.32. The van der Waals surface area contributed by atoms with Crippen LogP contribution in [0.25, 0.3) is 0 Å². The summed E-state index contributed by atoms with van der Waals surface area (Å²) >= 11 is 0. The molecule has 0 bridgehead atoms. The average Bonchev–Trinajstić information content (AvgIpc) is 2.02. The molecule has 0 N–H and O–H groups in total. The number of hydrogen-bond donors (Lipinski definition) is 0. The zero-order chi connectivity index (χ0) is 11.3. The van der Waals surface area contributed by atoms with Crippen LogP contribution < -0.4 is 0 Å². The highest BCUT2D eigenvalue weighted by atomic mass is 16.1. The molecular weight excluding hydrogens is 172 g/mol. The molecule has 0 aliphatic heterocycles. The first kappa shape index (κ1) is 12.6. The number of allylic oxidation sites excluding steroid dienone is 6. The van der Waals surface area contributed by atoms with Gasteiger partial charge in [0.1, 0.15) is 0 Å². The molecule has 76 valence electrons. The fourth-order valence-corrected chi connectivity index (χ4v) is 1.39. The Morgan fingerprint density at radius 1 is 1.14 bits per heavy atom. The molecule has 0 rings (SSSR count). The molecule has 0 atom stereocenters. The topological polar surface area (TPSA) is 17.1 Å². The summed E-state index contributed by atoms with van der Waals surface area (Å²) in [5.74, 6) is 0.0584. The van der Waals surface area contributed by atoms with Crippen molar-refractivity contribution in [1.82, 2.24) is 0 Å². The lowest BCUT2D eigenvalue weighted by Crippen LogP contribution is -2.00. The van der Waals surface area contributed by atoms with Crippen molar-refractivity contribution in [3.63, 3.8) is 0 Å². The average molecular weight is 190 g/mol. The predicted molar refractivity (Wildman–Crippen MR) is 62.1 cm³/mol. The molecule has 0 spiro atoms. The summed E-state index contributed by atoms with van der Waals surface area (Å²) in [6, 6.07) is 0. The smallest absolute Gasteiger partial charge is 0.160 e. The molecule has 0 fully saturated rings. The molecule has 0 amide bonds. The Morgan fingerprint density at radius 2 is 1.64 bits per heavy atom. The molecule has 0 aromatic heterocycles. The highest BCUT2D eigenvalue weighted by Gasteiger charge is 2.07. The van der Waals surface area contributed by atoms with Crippen LogP contribution in [0.4, 0.5) is 0 Å². The van der Waals surface area contributed by atoms with Crippen LogP contribution in [0, 0.1) is 0 Å². The number of ketones is 1. The quantitative estimate of drug-likeness (QED) is 0.489. The number of rotatable bonds is 4. The molecule has 1 heteroatoms. The lowest BCUT2D eigenvalue weighted by Gasteiger charge is -2.06. The van der Waals surface area contributed by atoms with Gasteiger partial charge >= 0.3 is 0 Å². The van der Waals surface area contributed by atoms with E-state index in [1.807, 2.05) is 26.8 Å². The zero-order valence-electron chi connectivity index (χ0n) is 9.48. The van der Waals surface area contributed by atoms with Crippen LogP contribution in [0.3, 0.4) is 0 Å². The highest BCUT2D eigenvalue weighted by Crippen LogP contribution is 2.16. The van der Waals surface area contributed by atoms with E-state index in [1.54, 1.807) is 13.0 Å². The van der Waals surface area contributed by atoms with Gasteiger partial charge in [0, 0.05) is 5.57 Å². The van der Waals surface area contributed by atoms with E-state index in [4.69, 9.17) is 0 Å². The van der Waals surface area contributed by atoms with E-state index in [1.165, 1.54) is 0 Å². The largest absolute Gasteiger partial charge is 0.294 e. The van der Waals surface area contributed by atoms with E-state index >= 15 is 0 Å². The standard InChI is InChI=1S/C13H18O/c1-7-10(4)8-11(5)13(9(2)3)12(6)14/h7-8H,1-2H2,3-6H3/b10-8+,13-11+. The summed E-state index contributed by atoms with van der Waals surface area (Å²) < 4.78 is 0. The third-order valence-corrected chi connectivity index (χ3v) is 1.94. The first-order chi connectivity index (χ1) is 6.40. The summed E-state index contributed by atoms with van der Waals surface area (Å²) in [4.78, 5) is 11.3. The van der Waals surface area contributed by atoms with Crippen LogP contribution in [0.15, 0.2) is 47.6 Å². The number of hydrogen-bond acceptors (Lipinski definition) is 1. The van der Waals surface area contributed by atoms with Crippen LogP contribution >= 0.6 is 0 Å². The molecule has 0 saturated carbocycles. The van der Waals surface area contributed by atoms with Gasteiger partial charge in [0.25, 0.3) is 0 Å². The second kappa shape index (κ2) is 5.38. The molecule has 14 heavy (non-hydrogen) atoms. The maximum atomic E-state index is 11.3. The van der Waals surface area contributed by atoms with Gasteiger partial charge in [0.15, 0.2) is 5.78 Å². The molecule has 0 aromatic carbocycles. The third kappa shape index (κ3) is 3.56. The Kier molecular flexibility index (Phi) is 4.85. The summed E-state index contributed by atoms with van der Waals surface area (Å²) in [5, 5.41) is 0. The van der Waals surface area contributed by atoms with Gasteiger partial charge < -0.3 is 0 Å². The van der Waals surface area contributed by atoms with E-state index in [-0.39, 0.29) is 5.78 Å². The molecule has 0 aliphatic rings. The zero-order valence-corrected chi connectivity index (χ0v) is 9.48. The third-order valence-electron chi connectivity index (χ3n) is 1.94. The van der Waals surface area contributed by atoms with Crippen molar-refractivity contribution in [2.75, 3.05) is 0 Å². The van der Waals surface area contributed by atoms with Crippen molar-refractivity contribution in [2.45, 2.75) is 27.7 Å². The molecule has 0 radical (unpaired) electrons. The summed E-state index contributed by atoms with van der Waals surface area (Å²) in [7, 11) is 0. The number of carbonyl (C=O) groups excluding carboxylic acids is 1. The van der Waals surface area contributed by atoms with Gasteiger partial charge in [-0.05, 0) is 38.8 Å². The first-order valence-electron chi connectivity index (χ1n) is 4.58. The molecule has 0 aliphatic carbocycles. The lowest BCUT2D eigenvalue weighted by molar-refractivity contribution is -0.113. The minimum absolute atomic E-state index is 0.0584. The summed E-state index contributed by atoms with van der Waals surface area (Å²) in [6.45, 7) is 14.7. The molecule has 0 aromatic rings. The second-order valence-electron chi connectivity index (χ2n) is 3.49. The Labute approximate surface area is 86.5 Å². The lowest BCUT2D eigenvalue weighted by atomic mass is 9.98. The van der Waals surface area contributed by atoms with Crippen LogP contribution in [-0.2, 0) is 4.79 Å². The van der Waals surface area contributed by atoms with Gasteiger partial charge in [-0.3, -0.25) is 4.79 Å². The van der Waals surface area contributed by atoms with Gasteiger partial charge in [-0.15, -0.1) is 0 Å². The van der Waals surface area contributed by atoms with Crippen molar-refractivity contribution in [3.05, 3.63) is 47.6 Å². The summed E-state index contributed by atoms with van der Waals surface area (Å²) in [5.41, 5.74) is 3.51. The van der Waals surface area contributed by atoms with Crippen molar-refractivity contribution in [2.24, 2.45) is 0 Å². The van der Waals surface area contributed by atoms with Crippen LogP contribution in [0.5, 0.6) is 0 Å². The normalized spacial score (nSPS) is 13.3.